The predicted octanol–water partition coefficient (Wildman–Crippen LogP) is 2.50. The number of ether oxygens (including phenoxy) is 2. The van der Waals surface area contributed by atoms with Crippen LogP contribution in [0.1, 0.15) is 23.2 Å². The maximum Gasteiger partial charge on any atom is 0.255 e. The topological polar surface area (TPSA) is 121 Å². The number of nitrogens with one attached hydrogen (secondary N) is 1. The van der Waals surface area contributed by atoms with Gasteiger partial charge in [-0.05, 0) is 43.3 Å². The maximum absolute atomic E-state index is 12.9. The lowest BCUT2D eigenvalue weighted by Gasteiger charge is -2.38. The first-order chi connectivity index (χ1) is 15.0. The molecule has 3 rings (SSSR count). The van der Waals surface area contributed by atoms with Crippen LogP contribution >= 0.6 is 23.4 Å². The van der Waals surface area contributed by atoms with Crippen LogP contribution in [0, 0.1) is 0 Å². The molecule has 0 saturated carbocycles. The lowest BCUT2D eigenvalue weighted by atomic mass is 10.0. The van der Waals surface area contributed by atoms with Crippen molar-refractivity contribution < 1.29 is 19.7 Å². The van der Waals surface area contributed by atoms with Crippen LogP contribution in [0.15, 0.2) is 41.6 Å². The number of amides is 1. The molecular weight excluding hydrogens is 452 g/mol. The first-order valence-corrected chi connectivity index (χ1v) is 11.6. The van der Waals surface area contributed by atoms with Gasteiger partial charge < -0.3 is 30.9 Å². The number of thioether (sulfide) groups is 1. The lowest BCUT2D eigenvalue weighted by Crippen LogP contribution is -2.55. The van der Waals surface area contributed by atoms with Crippen LogP contribution in [0.4, 0.5) is 5.69 Å². The van der Waals surface area contributed by atoms with E-state index in [0.717, 1.165) is 38.2 Å². The predicted molar refractivity (Wildman–Crippen MR) is 129 cm³/mol. The highest BCUT2D eigenvalue weighted by atomic mass is 35.5. The normalized spacial score (nSPS) is 18.6. The van der Waals surface area contributed by atoms with Crippen molar-refractivity contribution in [3.8, 4) is 5.75 Å². The zero-order valence-corrected chi connectivity index (χ0v) is 19.9. The fourth-order valence-corrected chi connectivity index (χ4v) is 4.65. The molecule has 32 heavy (non-hydrogen) atoms. The van der Waals surface area contributed by atoms with Gasteiger partial charge in [0, 0.05) is 43.6 Å². The summed E-state index contributed by atoms with van der Waals surface area (Å²) in [6.45, 7) is 2.69. The average Bonchev–Trinajstić information content (AvgIpc) is 2.79. The first-order valence-electron chi connectivity index (χ1n) is 10.2. The zero-order chi connectivity index (χ0) is 22.2. The summed E-state index contributed by atoms with van der Waals surface area (Å²) in [4.78, 5) is 20.6. The Balaban J connectivity index is 0.00000363. The van der Waals surface area contributed by atoms with E-state index in [9.17, 15) is 4.79 Å². The number of aromatic nitrogens is 1. The minimum atomic E-state index is -0.243. The number of nitrogens with zero attached hydrogens (tertiary/aromatic N) is 2. The molecule has 0 spiro atoms. The number of hydrogen-bond donors (Lipinski definition) is 2. The fraction of sp³-hybridized carbons (Fsp3) is 0.455. The summed E-state index contributed by atoms with van der Waals surface area (Å²) in [6.07, 6.45) is 5.45. The van der Waals surface area contributed by atoms with Crippen LogP contribution in [0.5, 0.6) is 5.75 Å². The molecular formula is C22H31ClN4O4S. The Morgan fingerprint density at radius 2 is 2.09 bits per heavy atom. The maximum atomic E-state index is 12.9. The van der Waals surface area contributed by atoms with Gasteiger partial charge in [-0.3, -0.25) is 9.78 Å². The van der Waals surface area contributed by atoms with E-state index in [-0.39, 0.29) is 23.5 Å². The van der Waals surface area contributed by atoms with Crippen molar-refractivity contribution in [3.63, 3.8) is 0 Å². The highest BCUT2D eigenvalue weighted by molar-refractivity contribution is 7.99. The molecule has 0 radical (unpaired) electrons. The third-order valence-corrected chi connectivity index (χ3v) is 6.79. The monoisotopic (exact) mass is 482 g/mol. The molecule has 1 aromatic heterocycles. The molecule has 1 aromatic carbocycles. The van der Waals surface area contributed by atoms with Gasteiger partial charge in [-0.25, -0.2) is 0 Å². The summed E-state index contributed by atoms with van der Waals surface area (Å²) in [5.74, 6) is 1.21. The van der Waals surface area contributed by atoms with E-state index < -0.39 is 0 Å². The van der Waals surface area contributed by atoms with Gasteiger partial charge in [0.15, 0.2) is 0 Å². The number of carbonyl (C=O) groups is 1. The van der Waals surface area contributed by atoms with Gasteiger partial charge in [-0.2, -0.15) is 0 Å². The van der Waals surface area contributed by atoms with Crippen LogP contribution in [-0.2, 0) is 4.74 Å². The van der Waals surface area contributed by atoms with E-state index in [4.69, 9.17) is 26.8 Å². The third kappa shape index (κ3) is 6.98. The second-order valence-electron chi connectivity index (χ2n) is 7.40. The minimum absolute atomic E-state index is 0. The number of piperidine rings is 1. The van der Waals surface area contributed by atoms with Gasteiger partial charge in [0.05, 0.1) is 35.5 Å². The molecule has 0 unspecified atom stereocenters. The second kappa shape index (κ2) is 12.9. The smallest absolute Gasteiger partial charge is 0.255 e. The van der Waals surface area contributed by atoms with Crippen molar-refractivity contribution >= 4 is 35.0 Å². The van der Waals surface area contributed by atoms with E-state index in [1.54, 1.807) is 19.2 Å². The number of hydrogen-bond acceptors (Lipinski definition) is 7. The molecule has 5 N–H and O–H groups in total. The fourth-order valence-electron chi connectivity index (χ4n) is 3.66. The lowest BCUT2D eigenvalue weighted by molar-refractivity contribution is 0.00655. The number of nitrogens with two attached hydrogens (primary N) is 1. The van der Waals surface area contributed by atoms with E-state index >= 15 is 0 Å². The summed E-state index contributed by atoms with van der Waals surface area (Å²) >= 11 is 7.95. The number of nitrogen functional groups attached to an aromatic ring is 1. The molecule has 2 aromatic rings. The van der Waals surface area contributed by atoms with Gasteiger partial charge in [0.2, 0.25) is 0 Å². The molecule has 2 heterocycles. The largest absolute Gasteiger partial charge is 0.496 e. The number of methoxy groups -OCH3 is 2. The Labute approximate surface area is 198 Å². The van der Waals surface area contributed by atoms with E-state index in [2.05, 4.69) is 15.2 Å². The van der Waals surface area contributed by atoms with Crippen molar-refractivity contribution in [2.24, 2.45) is 0 Å². The summed E-state index contributed by atoms with van der Waals surface area (Å²) < 4.78 is 11.0. The molecule has 8 nitrogen and oxygen atoms in total. The number of rotatable bonds is 9. The van der Waals surface area contributed by atoms with Crippen LogP contribution in [0.3, 0.4) is 0 Å². The highest BCUT2D eigenvalue weighted by Crippen LogP contribution is 2.29. The molecule has 1 saturated heterocycles. The first kappa shape index (κ1) is 26.2. The number of benzene rings is 1. The van der Waals surface area contributed by atoms with Crippen molar-refractivity contribution in [1.29, 1.82) is 0 Å². The van der Waals surface area contributed by atoms with Crippen molar-refractivity contribution in [2.45, 2.75) is 29.9 Å². The number of pyridine rings is 1. The summed E-state index contributed by atoms with van der Waals surface area (Å²) in [6, 6.07) is 7.09. The molecule has 1 aliphatic rings. The molecule has 1 amide bonds. The molecule has 0 bridgehead atoms. The Bertz CT molecular complexity index is 875. The van der Waals surface area contributed by atoms with Crippen LogP contribution in [0.2, 0.25) is 5.02 Å². The summed E-state index contributed by atoms with van der Waals surface area (Å²) in [5, 5.41) is 3.41. The number of likely N-dealkylation sites (tertiary alicyclic amines) is 1. The quantitative estimate of drug-likeness (QED) is 0.320. The van der Waals surface area contributed by atoms with Crippen LogP contribution < -0.4 is 15.8 Å². The van der Waals surface area contributed by atoms with Crippen LogP contribution in [0.25, 0.3) is 0 Å². The number of halogens is 1. The Morgan fingerprint density at radius 3 is 2.78 bits per heavy atom. The Morgan fingerprint density at radius 1 is 1.34 bits per heavy atom. The van der Waals surface area contributed by atoms with Gasteiger partial charge >= 0.3 is 0 Å². The average molecular weight is 483 g/mol. The number of anilines is 1. The Kier molecular flexibility index (Phi) is 10.5. The van der Waals surface area contributed by atoms with E-state index in [1.807, 2.05) is 36.3 Å². The standard InChI is InChI=1S/C22H29ClN4O3S.H2O/c1-29-20-13-18(24)17(23)12-16(20)22(28)26-19-6-10-27(14-21(19)30-2)9-3-11-31-15-4-7-25-8-5-15;/h4-5,7-8,12-13,19,21H,3,6,9-11,14,24H2,1-2H3,(H,26,28);1H2/t19-,21+;/m1./s1. The molecule has 10 heteroatoms. The SMILES string of the molecule is COc1cc(N)c(Cl)cc1C(=O)N[C@@H]1CCN(CCCSc2ccncc2)C[C@@H]1OC.O. The minimum Gasteiger partial charge on any atom is -0.496 e. The Hall–Kier alpha value is -2.04. The van der Waals surface area contributed by atoms with Crippen molar-refractivity contribution in [1.82, 2.24) is 15.2 Å². The summed E-state index contributed by atoms with van der Waals surface area (Å²) in [7, 11) is 3.19. The molecule has 176 valence electrons. The van der Waals surface area contributed by atoms with Gasteiger partial charge in [0.1, 0.15) is 5.75 Å². The third-order valence-electron chi connectivity index (χ3n) is 5.36. The number of carbonyl (C=O) groups excluding carboxylic acids is 1. The van der Waals surface area contributed by atoms with Crippen molar-refractivity contribution in [2.75, 3.05) is 45.3 Å². The van der Waals surface area contributed by atoms with Gasteiger partial charge in [-0.15, -0.1) is 11.8 Å². The van der Waals surface area contributed by atoms with E-state index in [0.29, 0.717) is 22.0 Å². The second-order valence-corrected chi connectivity index (χ2v) is 8.98. The molecule has 2 atom stereocenters. The molecule has 1 aliphatic heterocycles. The van der Waals surface area contributed by atoms with E-state index in [1.165, 1.54) is 12.0 Å². The summed E-state index contributed by atoms with van der Waals surface area (Å²) in [5.41, 5.74) is 6.56. The van der Waals surface area contributed by atoms with Gasteiger partial charge in [0.25, 0.3) is 5.91 Å². The van der Waals surface area contributed by atoms with Crippen molar-refractivity contribution in [3.05, 3.63) is 47.2 Å². The van der Waals surface area contributed by atoms with Gasteiger partial charge in [-0.1, -0.05) is 11.6 Å². The zero-order valence-electron chi connectivity index (χ0n) is 18.3. The van der Waals surface area contributed by atoms with Crippen LogP contribution in [-0.4, -0.2) is 73.0 Å². The molecule has 1 fully saturated rings. The molecule has 0 aliphatic carbocycles. The highest BCUT2D eigenvalue weighted by Gasteiger charge is 2.31.